The first-order valence-electron chi connectivity index (χ1n) is 38.5. The number of carbonyl (C=O) groups excluding carboxylic acids is 4. The van der Waals surface area contributed by atoms with Crippen molar-refractivity contribution in [2.45, 2.75) is 400 Å². The van der Waals surface area contributed by atoms with Crippen LogP contribution in [0.3, 0.4) is 0 Å². The number of aliphatic hydroxyl groups is 1. The molecule has 0 saturated heterocycles. The van der Waals surface area contributed by atoms with E-state index >= 15 is 0 Å². The van der Waals surface area contributed by atoms with Crippen LogP contribution in [-0.4, -0.2) is 96.7 Å². The summed E-state index contributed by atoms with van der Waals surface area (Å²) < 4.78 is 68.3. The molecular formula is C74H144O17P2. The molecule has 93 heavy (non-hydrogen) atoms. The largest absolute Gasteiger partial charge is 0.472 e. The fourth-order valence-corrected chi connectivity index (χ4v) is 12.9. The Kier molecular flexibility index (Phi) is 64.6. The molecule has 0 rings (SSSR count). The highest BCUT2D eigenvalue weighted by atomic mass is 31.2. The maximum Gasteiger partial charge on any atom is 0.472 e. The van der Waals surface area contributed by atoms with E-state index < -0.39 is 97.5 Å². The number of unbranched alkanes of at least 4 members (excludes halogenated alkanes) is 43. The van der Waals surface area contributed by atoms with Crippen LogP contribution in [0.4, 0.5) is 0 Å². The molecule has 0 aromatic heterocycles. The molecule has 0 bridgehead atoms. The zero-order chi connectivity index (χ0) is 68.6. The third kappa shape index (κ3) is 68.4. The second-order valence-electron chi connectivity index (χ2n) is 27.6. The van der Waals surface area contributed by atoms with Gasteiger partial charge in [0.2, 0.25) is 0 Å². The van der Waals surface area contributed by atoms with Gasteiger partial charge < -0.3 is 33.8 Å². The van der Waals surface area contributed by atoms with E-state index in [0.29, 0.717) is 25.7 Å². The van der Waals surface area contributed by atoms with Gasteiger partial charge in [-0.15, -0.1) is 0 Å². The maximum atomic E-state index is 13.1. The average Bonchev–Trinajstić information content (AvgIpc) is 2.58. The van der Waals surface area contributed by atoms with Crippen molar-refractivity contribution >= 4 is 39.5 Å². The molecule has 0 saturated carbocycles. The Morgan fingerprint density at radius 3 is 0.731 bits per heavy atom. The van der Waals surface area contributed by atoms with Gasteiger partial charge in [0.05, 0.1) is 26.4 Å². The number of aliphatic hydroxyl groups excluding tert-OH is 1. The van der Waals surface area contributed by atoms with Gasteiger partial charge in [-0.05, 0) is 37.5 Å². The monoisotopic (exact) mass is 1370 g/mol. The van der Waals surface area contributed by atoms with E-state index in [1.54, 1.807) is 0 Å². The highest BCUT2D eigenvalue weighted by molar-refractivity contribution is 7.47. The fraction of sp³-hybridized carbons (Fsp3) is 0.946. The minimum Gasteiger partial charge on any atom is -0.462 e. The lowest BCUT2D eigenvalue weighted by atomic mass is 10.0. The molecule has 0 aliphatic heterocycles. The zero-order valence-electron chi connectivity index (χ0n) is 60.6. The van der Waals surface area contributed by atoms with Gasteiger partial charge in [0.1, 0.15) is 19.3 Å². The van der Waals surface area contributed by atoms with Gasteiger partial charge in [0.15, 0.2) is 12.2 Å². The Morgan fingerprint density at radius 2 is 0.495 bits per heavy atom. The van der Waals surface area contributed by atoms with Crippen molar-refractivity contribution in [2.24, 2.45) is 11.8 Å². The van der Waals surface area contributed by atoms with Crippen LogP contribution in [0.2, 0.25) is 0 Å². The van der Waals surface area contributed by atoms with Crippen LogP contribution in [0, 0.1) is 11.8 Å². The quantitative estimate of drug-likeness (QED) is 0.0222. The molecular weight excluding hydrogens is 1220 g/mol. The molecule has 0 aliphatic rings. The van der Waals surface area contributed by atoms with Crippen LogP contribution in [0.15, 0.2) is 0 Å². The van der Waals surface area contributed by atoms with Crippen molar-refractivity contribution in [1.82, 2.24) is 0 Å². The molecule has 19 heteroatoms. The van der Waals surface area contributed by atoms with Gasteiger partial charge in [-0.1, -0.05) is 330 Å². The second kappa shape index (κ2) is 66.0. The molecule has 0 aromatic rings. The first-order valence-corrected chi connectivity index (χ1v) is 41.5. The van der Waals surface area contributed by atoms with E-state index in [1.807, 2.05) is 0 Å². The van der Waals surface area contributed by atoms with Crippen LogP contribution in [-0.2, 0) is 65.4 Å². The molecule has 0 spiro atoms. The predicted molar refractivity (Wildman–Crippen MR) is 377 cm³/mol. The molecule has 0 fully saturated rings. The van der Waals surface area contributed by atoms with Crippen molar-refractivity contribution < 1.29 is 80.2 Å². The van der Waals surface area contributed by atoms with E-state index in [-0.39, 0.29) is 25.7 Å². The van der Waals surface area contributed by atoms with Crippen molar-refractivity contribution in [3.05, 3.63) is 0 Å². The standard InChI is InChI=1S/C74H144O17P2/c1-7-9-11-13-15-16-17-18-19-20-21-22-23-26-30-33-40-46-52-58-73(78)90-70(63-85-72(77)57-51-45-39-32-29-27-24-25-28-31-37-42-48-54-66(3)4)65-89-93(82,83)87-61-68(75)60-86-92(80,81)88-64-69(62-84-71(76)56-50-44-36-14-12-10-8-2)91-74(79)59-53-47-41-35-34-38-43-49-55-67(5)6/h66-70,75H,7-65H2,1-6H3,(H,80,81)(H,82,83)/t68-,69+,70+/m0/s1. The summed E-state index contributed by atoms with van der Waals surface area (Å²) >= 11 is 0. The highest BCUT2D eigenvalue weighted by Gasteiger charge is 2.30. The topological polar surface area (TPSA) is 237 Å². The van der Waals surface area contributed by atoms with Crippen LogP contribution >= 0.6 is 15.6 Å². The van der Waals surface area contributed by atoms with Crippen LogP contribution in [0.1, 0.15) is 382 Å². The van der Waals surface area contributed by atoms with Crippen molar-refractivity contribution in [3.8, 4) is 0 Å². The Bertz CT molecular complexity index is 1800. The molecule has 0 aromatic carbocycles. The lowest BCUT2D eigenvalue weighted by Gasteiger charge is -2.21. The van der Waals surface area contributed by atoms with E-state index in [4.69, 9.17) is 37.0 Å². The zero-order valence-corrected chi connectivity index (χ0v) is 62.3. The molecule has 3 N–H and O–H groups in total. The molecule has 2 unspecified atom stereocenters. The van der Waals surface area contributed by atoms with Gasteiger partial charge in [0, 0.05) is 25.7 Å². The lowest BCUT2D eigenvalue weighted by Crippen LogP contribution is -2.30. The van der Waals surface area contributed by atoms with Crippen LogP contribution in [0.25, 0.3) is 0 Å². The minimum absolute atomic E-state index is 0.104. The fourth-order valence-electron chi connectivity index (χ4n) is 11.3. The number of hydrogen-bond donors (Lipinski definition) is 3. The highest BCUT2D eigenvalue weighted by Crippen LogP contribution is 2.45. The summed E-state index contributed by atoms with van der Waals surface area (Å²) in [6.07, 6.45) is 53.0. The SMILES string of the molecule is CCCCCCCCCCCCCCCCCCCCCC(=O)O[C@H](COC(=O)CCCCCCCCCCCCCCCC(C)C)COP(=O)(O)OC[C@@H](O)COP(=O)(O)OC[C@@H](COC(=O)CCCCCCCCC)OC(=O)CCCCCCCCCCC(C)C. The molecule has 0 heterocycles. The van der Waals surface area contributed by atoms with Crippen LogP contribution in [0.5, 0.6) is 0 Å². The number of hydrogen-bond acceptors (Lipinski definition) is 15. The summed E-state index contributed by atoms with van der Waals surface area (Å²) in [4.78, 5) is 72.6. The number of esters is 4. The average molecular weight is 1370 g/mol. The maximum absolute atomic E-state index is 13.1. The summed E-state index contributed by atoms with van der Waals surface area (Å²) in [7, 11) is -9.90. The molecule has 17 nitrogen and oxygen atoms in total. The smallest absolute Gasteiger partial charge is 0.462 e. The van der Waals surface area contributed by atoms with E-state index in [2.05, 4.69) is 41.5 Å². The van der Waals surface area contributed by atoms with Gasteiger partial charge in [-0.2, -0.15) is 0 Å². The van der Waals surface area contributed by atoms with Gasteiger partial charge in [0.25, 0.3) is 0 Å². The minimum atomic E-state index is -4.95. The molecule has 0 radical (unpaired) electrons. The summed E-state index contributed by atoms with van der Waals surface area (Å²) in [6.45, 7) is 9.51. The Morgan fingerprint density at radius 1 is 0.290 bits per heavy atom. The number of rotatable bonds is 73. The summed E-state index contributed by atoms with van der Waals surface area (Å²) in [5.41, 5.74) is 0. The first kappa shape index (κ1) is 91.1. The normalized spacial score (nSPS) is 14.1. The summed E-state index contributed by atoms with van der Waals surface area (Å²) in [6, 6.07) is 0. The van der Waals surface area contributed by atoms with E-state index in [0.717, 1.165) is 115 Å². The molecule has 0 amide bonds. The molecule has 0 aliphatic carbocycles. The van der Waals surface area contributed by atoms with E-state index in [9.17, 15) is 43.2 Å². The van der Waals surface area contributed by atoms with Crippen molar-refractivity contribution in [2.75, 3.05) is 39.6 Å². The van der Waals surface area contributed by atoms with Gasteiger partial charge in [-0.25, -0.2) is 9.13 Å². The molecule has 5 atom stereocenters. The third-order valence-electron chi connectivity index (χ3n) is 17.2. The van der Waals surface area contributed by atoms with Crippen LogP contribution < -0.4 is 0 Å². The number of ether oxygens (including phenoxy) is 4. The Hall–Kier alpha value is -1.94. The second-order valence-corrected chi connectivity index (χ2v) is 30.5. The third-order valence-corrected chi connectivity index (χ3v) is 19.1. The predicted octanol–water partition coefficient (Wildman–Crippen LogP) is 21.6. The Labute approximate surface area is 568 Å². The summed E-state index contributed by atoms with van der Waals surface area (Å²) in [5, 5.41) is 10.6. The molecule has 552 valence electrons. The van der Waals surface area contributed by atoms with Crippen molar-refractivity contribution in [1.29, 1.82) is 0 Å². The number of carbonyl (C=O) groups is 4. The summed E-state index contributed by atoms with van der Waals surface area (Å²) in [5.74, 6) is -0.615. The first-order chi connectivity index (χ1) is 44.9. The lowest BCUT2D eigenvalue weighted by molar-refractivity contribution is -0.161. The van der Waals surface area contributed by atoms with Crippen molar-refractivity contribution in [3.63, 3.8) is 0 Å². The van der Waals surface area contributed by atoms with Gasteiger partial charge >= 0.3 is 39.5 Å². The number of phosphoric acid groups is 2. The Balaban J connectivity index is 5.18. The van der Waals surface area contributed by atoms with Gasteiger partial charge in [-0.3, -0.25) is 37.3 Å². The number of phosphoric ester groups is 2. The van der Waals surface area contributed by atoms with E-state index in [1.165, 1.54) is 186 Å².